The number of anilines is 1. The van der Waals surface area contributed by atoms with Crippen LogP contribution in [-0.4, -0.2) is 32.4 Å². The topological polar surface area (TPSA) is 21.7 Å². The van der Waals surface area contributed by atoms with Crippen molar-refractivity contribution in [3.05, 3.63) is 35.8 Å². The number of benzene rings is 1. The number of hydrogen-bond donors (Lipinski definition) is 0. The Morgan fingerprint density at radius 1 is 0.950 bits per heavy atom. The smallest absolute Gasteiger partial charge is 0.400 e. The predicted octanol–water partition coefficient (Wildman–Crippen LogP) is 3.40. The molecule has 0 unspecified atom stereocenters. The van der Waals surface area contributed by atoms with Crippen LogP contribution < -0.4 is 4.90 Å². The zero-order valence-electron chi connectivity index (χ0n) is 13.3. The molecule has 0 spiro atoms. The fraction of sp³-hybridized carbons (Fsp3) is 0.500. The van der Waals surface area contributed by atoms with Crippen molar-refractivity contribution >= 4 is 18.9 Å². The Morgan fingerprint density at radius 3 is 1.90 bits per heavy atom. The van der Waals surface area contributed by atoms with Crippen molar-refractivity contribution < 1.29 is 9.31 Å². The third kappa shape index (κ3) is 3.07. The molecule has 0 N–H and O–H groups in total. The lowest BCUT2D eigenvalue weighted by Crippen LogP contribution is -2.41. The van der Waals surface area contributed by atoms with Gasteiger partial charge in [-0.25, -0.2) is 0 Å². The van der Waals surface area contributed by atoms with Crippen LogP contribution in [0.25, 0.3) is 6.08 Å². The molecule has 1 aliphatic rings. The van der Waals surface area contributed by atoms with Gasteiger partial charge >= 0.3 is 7.12 Å². The third-order valence-electron chi connectivity index (χ3n) is 4.13. The molecule has 1 aromatic rings. The number of rotatable bonds is 3. The molecule has 0 atom stereocenters. The van der Waals surface area contributed by atoms with Crippen LogP contribution in [0.4, 0.5) is 5.69 Å². The van der Waals surface area contributed by atoms with Crippen molar-refractivity contribution in [2.75, 3.05) is 19.0 Å². The molecule has 1 heterocycles. The maximum absolute atomic E-state index is 5.93. The van der Waals surface area contributed by atoms with Gasteiger partial charge in [0.2, 0.25) is 0 Å². The van der Waals surface area contributed by atoms with Crippen molar-refractivity contribution in [2.24, 2.45) is 0 Å². The summed E-state index contributed by atoms with van der Waals surface area (Å²) < 4.78 is 11.9. The van der Waals surface area contributed by atoms with Crippen LogP contribution in [0.1, 0.15) is 33.3 Å². The molecule has 0 bridgehead atoms. The second-order valence-electron chi connectivity index (χ2n) is 6.47. The van der Waals surface area contributed by atoms with Gasteiger partial charge in [-0.05, 0) is 45.4 Å². The molecular weight excluding hydrogens is 249 g/mol. The molecule has 4 heteroatoms. The molecule has 1 saturated heterocycles. The summed E-state index contributed by atoms with van der Waals surface area (Å²) in [7, 11) is 3.79. The zero-order chi connectivity index (χ0) is 15.0. The Labute approximate surface area is 122 Å². The van der Waals surface area contributed by atoms with Crippen LogP contribution >= 0.6 is 0 Å². The van der Waals surface area contributed by atoms with E-state index in [0.717, 1.165) is 5.56 Å². The lowest BCUT2D eigenvalue weighted by Gasteiger charge is -2.32. The van der Waals surface area contributed by atoms with Crippen molar-refractivity contribution in [2.45, 2.75) is 38.9 Å². The van der Waals surface area contributed by atoms with Crippen molar-refractivity contribution in [3.8, 4) is 0 Å². The minimum absolute atomic E-state index is 0.281. The number of nitrogens with zero attached hydrogens (tertiary/aromatic N) is 1. The van der Waals surface area contributed by atoms with Gasteiger partial charge in [0.1, 0.15) is 0 Å². The van der Waals surface area contributed by atoms with Crippen molar-refractivity contribution in [1.82, 2.24) is 0 Å². The fourth-order valence-corrected chi connectivity index (χ4v) is 2.04. The van der Waals surface area contributed by atoms with E-state index in [1.54, 1.807) is 0 Å². The lowest BCUT2D eigenvalue weighted by molar-refractivity contribution is 0.00578. The number of hydrogen-bond acceptors (Lipinski definition) is 3. The van der Waals surface area contributed by atoms with E-state index >= 15 is 0 Å². The van der Waals surface area contributed by atoms with E-state index in [-0.39, 0.29) is 18.3 Å². The highest BCUT2D eigenvalue weighted by Crippen LogP contribution is 2.37. The second kappa shape index (κ2) is 5.26. The summed E-state index contributed by atoms with van der Waals surface area (Å²) in [6.45, 7) is 8.25. The van der Waals surface area contributed by atoms with E-state index in [4.69, 9.17) is 9.31 Å². The standard InChI is InChI=1S/C16H24BNO2/c1-15(2)16(3,4)20-17(19-15)12-11-13-7-9-14(10-8-13)18(5)6/h7-12H,1-6H3. The van der Waals surface area contributed by atoms with Crippen LogP contribution in [0.2, 0.25) is 0 Å². The highest BCUT2D eigenvalue weighted by molar-refractivity contribution is 6.52. The summed E-state index contributed by atoms with van der Waals surface area (Å²) in [5, 5.41) is 0. The zero-order valence-corrected chi connectivity index (χ0v) is 13.3. The molecule has 108 valence electrons. The molecule has 1 aliphatic heterocycles. The van der Waals surface area contributed by atoms with E-state index < -0.39 is 0 Å². The average molecular weight is 273 g/mol. The van der Waals surface area contributed by atoms with E-state index in [2.05, 4.69) is 56.9 Å². The van der Waals surface area contributed by atoms with Gasteiger partial charge in [-0.1, -0.05) is 24.2 Å². The largest absolute Gasteiger partial charge is 0.487 e. The van der Waals surface area contributed by atoms with Crippen LogP contribution in [0.3, 0.4) is 0 Å². The van der Waals surface area contributed by atoms with Gasteiger partial charge in [0.05, 0.1) is 11.2 Å². The quantitative estimate of drug-likeness (QED) is 0.788. The summed E-state index contributed by atoms with van der Waals surface area (Å²) in [5.41, 5.74) is 1.77. The Balaban J connectivity index is 2.04. The summed E-state index contributed by atoms with van der Waals surface area (Å²) in [4.78, 5) is 2.09. The molecular formula is C16H24BNO2. The highest BCUT2D eigenvalue weighted by atomic mass is 16.7. The lowest BCUT2D eigenvalue weighted by atomic mass is 9.89. The molecule has 20 heavy (non-hydrogen) atoms. The third-order valence-corrected chi connectivity index (χ3v) is 4.13. The van der Waals surface area contributed by atoms with Gasteiger partial charge in [0, 0.05) is 19.8 Å². The van der Waals surface area contributed by atoms with Crippen molar-refractivity contribution in [1.29, 1.82) is 0 Å². The van der Waals surface area contributed by atoms with Crippen LogP contribution in [0.5, 0.6) is 0 Å². The van der Waals surface area contributed by atoms with Gasteiger partial charge in [-0.2, -0.15) is 0 Å². The Bertz CT molecular complexity index is 476. The average Bonchev–Trinajstić information content (AvgIpc) is 2.56. The SMILES string of the molecule is CN(C)c1ccc(C=CB2OC(C)(C)C(C)(C)O2)cc1. The predicted molar refractivity (Wildman–Crippen MR) is 85.9 cm³/mol. The first-order valence-corrected chi connectivity index (χ1v) is 7.02. The molecule has 0 aromatic heterocycles. The summed E-state index contributed by atoms with van der Waals surface area (Å²) in [5.74, 6) is 1.97. The second-order valence-corrected chi connectivity index (χ2v) is 6.47. The maximum atomic E-state index is 5.93. The fourth-order valence-electron chi connectivity index (χ4n) is 2.04. The molecule has 3 nitrogen and oxygen atoms in total. The Morgan fingerprint density at radius 2 is 1.45 bits per heavy atom. The normalized spacial score (nSPS) is 20.6. The van der Waals surface area contributed by atoms with Crippen LogP contribution in [0, 0.1) is 0 Å². The van der Waals surface area contributed by atoms with E-state index in [0.29, 0.717) is 0 Å². The minimum Gasteiger partial charge on any atom is -0.400 e. The summed E-state index contributed by atoms with van der Waals surface area (Å²) >= 11 is 0. The van der Waals surface area contributed by atoms with Gasteiger partial charge in [0.15, 0.2) is 0 Å². The van der Waals surface area contributed by atoms with Crippen LogP contribution in [0.15, 0.2) is 30.2 Å². The Kier molecular flexibility index (Phi) is 3.98. The van der Waals surface area contributed by atoms with E-state index in [1.807, 2.05) is 26.1 Å². The molecule has 1 fully saturated rings. The van der Waals surface area contributed by atoms with Crippen LogP contribution in [-0.2, 0) is 9.31 Å². The van der Waals surface area contributed by atoms with Gasteiger partial charge in [-0.15, -0.1) is 0 Å². The monoisotopic (exact) mass is 273 g/mol. The van der Waals surface area contributed by atoms with Gasteiger partial charge in [-0.3, -0.25) is 0 Å². The molecule has 0 saturated carbocycles. The van der Waals surface area contributed by atoms with Crippen molar-refractivity contribution in [3.63, 3.8) is 0 Å². The Hall–Kier alpha value is -1.26. The molecule has 0 radical (unpaired) electrons. The van der Waals surface area contributed by atoms with Gasteiger partial charge in [0.25, 0.3) is 0 Å². The first-order valence-electron chi connectivity index (χ1n) is 7.02. The van der Waals surface area contributed by atoms with E-state index in [9.17, 15) is 0 Å². The van der Waals surface area contributed by atoms with E-state index in [1.165, 1.54) is 5.69 Å². The molecule has 0 aliphatic carbocycles. The molecule has 0 amide bonds. The first-order chi connectivity index (χ1) is 9.21. The molecule has 1 aromatic carbocycles. The molecule has 2 rings (SSSR count). The highest BCUT2D eigenvalue weighted by Gasteiger charge is 2.49. The first kappa shape index (κ1) is 15.1. The summed E-state index contributed by atoms with van der Waals surface area (Å²) in [6, 6.07) is 8.39. The minimum atomic E-state index is -0.284. The maximum Gasteiger partial charge on any atom is 0.487 e. The van der Waals surface area contributed by atoms with Gasteiger partial charge < -0.3 is 14.2 Å². The summed E-state index contributed by atoms with van der Waals surface area (Å²) in [6.07, 6.45) is 2.04.